The van der Waals surface area contributed by atoms with E-state index in [9.17, 15) is 9.59 Å². The number of nitrogens with zero attached hydrogens (tertiary/aromatic N) is 2. The number of carbonyl (C=O) groups excluding carboxylic acids is 1. The SMILES string of the molecule is O=C(N[C@H]1CCN(C(=O)O)C1)c1cc[nH]n1. The molecule has 0 aliphatic carbocycles. The van der Waals surface area contributed by atoms with Crippen LogP contribution in [-0.4, -0.2) is 51.3 Å². The van der Waals surface area contributed by atoms with Crippen molar-refractivity contribution < 1.29 is 14.7 Å². The minimum Gasteiger partial charge on any atom is -0.465 e. The van der Waals surface area contributed by atoms with Crippen molar-refractivity contribution in [2.75, 3.05) is 13.1 Å². The monoisotopic (exact) mass is 224 g/mol. The van der Waals surface area contributed by atoms with Gasteiger partial charge in [0, 0.05) is 25.3 Å². The van der Waals surface area contributed by atoms with Crippen LogP contribution >= 0.6 is 0 Å². The summed E-state index contributed by atoms with van der Waals surface area (Å²) in [5.74, 6) is -0.279. The Labute approximate surface area is 91.4 Å². The van der Waals surface area contributed by atoms with Gasteiger partial charge in [-0.1, -0.05) is 0 Å². The zero-order valence-electron chi connectivity index (χ0n) is 8.51. The first-order valence-electron chi connectivity index (χ1n) is 4.95. The number of nitrogens with one attached hydrogen (secondary N) is 2. The summed E-state index contributed by atoms with van der Waals surface area (Å²) in [7, 11) is 0. The topological polar surface area (TPSA) is 98.3 Å². The van der Waals surface area contributed by atoms with Crippen molar-refractivity contribution >= 4 is 12.0 Å². The largest absolute Gasteiger partial charge is 0.465 e. The molecule has 1 aromatic heterocycles. The van der Waals surface area contributed by atoms with E-state index in [0.29, 0.717) is 25.2 Å². The van der Waals surface area contributed by atoms with Crippen molar-refractivity contribution in [3.8, 4) is 0 Å². The van der Waals surface area contributed by atoms with Crippen molar-refractivity contribution in [2.24, 2.45) is 0 Å². The van der Waals surface area contributed by atoms with E-state index in [4.69, 9.17) is 5.11 Å². The second kappa shape index (κ2) is 4.21. The van der Waals surface area contributed by atoms with Gasteiger partial charge in [-0.3, -0.25) is 9.89 Å². The first-order chi connectivity index (χ1) is 7.66. The van der Waals surface area contributed by atoms with Crippen molar-refractivity contribution in [1.29, 1.82) is 0 Å². The lowest BCUT2D eigenvalue weighted by atomic mass is 10.2. The first kappa shape index (κ1) is 10.5. The Hall–Kier alpha value is -2.05. The van der Waals surface area contributed by atoms with Crippen LogP contribution in [0.1, 0.15) is 16.9 Å². The number of hydrogen-bond acceptors (Lipinski definition) is 3. The lowest BCUT2D eigenvalue weighted by Gasteiger charge is -2.12. The smallest absolute Gasteiger partial charge is 0.407 e. The van der Waals surface area contributed by atoms with Gasteiger partial charge in [-0.15, -0.1) is 0 Å². The second-order valence-corrected chi connectivity index (χ2v) is 3.65. The second-order valence-electron chi connectivity index (χ2n) is 3.65. The lowest BCUT2D eigenvalue weighted by Crippen LogP contribution is -2.38. The minimum absolute atomic E-state index is 0.125. The molecule has 1 aromatic rings. The van der Waals surface area contributed by atoms with Crippen LogP contribution in [0.5, 0.6) is 0 Å². The zero-order chi connectivity index (χ0) is 11.5. The number of aromatic amines is 1. The third kappa shape index (κ3) is 2.13. The van der Waals surface area contributed by atoms with E-state index in [1.165, 1.54) is 4.90 Å². The van der Waals surface area contributed by atoms with Crippen molar-refractivity contribution in [1.82, 2.24) is 20.4 Å². The number of aromatic nitrogens is 2. The van der Waals surface area contributed by atoms with E-state index in [2.05, 4.69) is 15.5 Å². The maximum Gasteiger partial charge on any atom is 0.407 e. The molecule has 3 N–H and O–H groups in total. The van der Waals surface area contributed by atoms with Crippen molar-refractivity contribution in [2.45, 2.75) is 12.5 Å². The molecule has 0 unspecified atom stereocenters. The molecule has 0 aromatic carbocycles. The average Bonchev–Trinajstić information content (AvgIpc) is 2.87. The van der Waals surface area contributed by atoms with Gasteiger partial charge in [-0.2, -0.15) is 5.10 Å². The van der Waals surface area contributed by atoms with Crippen LogP contribution in [-0.2, 0) is 0 Å². The highest BCUT2D eigenvalue weighted by Crippen LogP contribution is 2.09. The number of carboxylic acid groups (broad SMARTS) is 1. The number of carbonyl (C=O) groups is 2. The van der Waals surface area contributed by atoms with Gasteiger partial charge in [0.15, 0.2) is 0 Å². The Kier molecular flexibility index (Phi) is 2.76. The summed E-state index contributed by atoms with van der Waals surface area (Å²) in [6, 6.07) is 1.44. The molecule has 1 aliphatic rings. The molecular formula is C9H12N4O3. The summed E-state index contributed by atoms with van der Waals surface area (Å²) >= 11 is 0. The van der Waals surface area contributed by atoms with Crippen LogP contribution in [0.25, 0.3) is 0 Å². The van der Waals surface area contributed by atoms with Crippen LogP contribution < -0.4 is 5.32 Å². The summed E-state index contributed by atoms with van der Waals surface area (Å²) in [6.07, 6.45) is 1.26. The van der Waals surface area contributed by atoms with Crippen LogP contribution in [0.3, 0.4) is 0 Å². The predicted molar refractivity (Wildman–Crippen MR) is 54.1 cm³/mol. The Morgan fingerprint density at radius 2 is 2.44 bits per heavy atom. The Balaban J connectivity index is 1.88. The van der Waals surface area contributed by atoms with Crippen LogP contribution in [0.2, 0.25) is 0 Å². The minimum atomic E-state index is -0.948. The molecule has 2 amide bonds. The predicted octanol–water partition coefficient (Wildman–Crippen LogP) is -0.108. The molecule has 0 spiro atoms. The Morgan fingerprint density at radius 3 is 3.00 bits per heavy atom. The van der Waals surface area contributed by atoms with Crippen LogP contribution in [0.4, 0.5) is 4.79 Å². The molecule has 1 atom stereocenters. The molecule has 2 rings (SSSR count). The van der Waals surface area contributed by atoms with Crippen molar-refractivity contribution in [3.63, 3.8) is 0 Å². The van der Waals surface area contributed by atoms with Gasteiger partial charge in [-0.05, 0) is 12.5 Å². The van der Waals surface area contributed by atoms with Gasteiger partial charge < -0.3 is 15.3 Å². The molecule has 16 heavy (non-hydrogen) atoms. The highest BCUT2D eigenvalue weighted by atomic mass is 16.4. The van der Waals surface area contributed by atoms with Gasteiger partial charge in [0.2, 0.25) is 0 Å². The molecule has 0 bridgehead atoms. The molecule has 1 aliphatic heterocycles. The molecular weight excluding hydrogens is 212 g/mol. The summed E-state index contributed by atoms with van der Waals surface area (Å²) < 4.78 is 0. The lowest BCUT2D eigenvalue weighted by molar-refractivity contribution is 0.0930. The summed E-state index contributed by atoms with van der Waals surface area (Å²) in [6.45, 7) is 0.798. The molecule has 7 nitrogen and oxygen atoms in total. The van der Waals surface area contributed by atoms with Gasteiger partial charge in [-0.25, -0.2) is 4.79 Å². The van der Waals surface area contributed by atoms with E-state index in [1.54, 1.807) is 12.3 Å². The number of amides is 2. The standard InChI is InChI=1S/C9H12N4O3/c14-8(7-1-3-10-12-7)11-6-2-4-13(5-6)9(15)16/h1,3,6H,2,4-5H2,(H,10,12)(H,11,14)(H,15,16)/t6-/m0/s1. The van der Waals surface area contributed by atoms with Gasteiger partial charge in [0.05, 0.1) is 0 Å². The van der Waals surface area contributed by atoms with Gasteiger partial charge in [0.25, 0.3) is 5.91 Å². The maximum absolute atomic E-state index is 11.6. The normalized spacial score (nSPS) is 19.8. The molecule has 1 fully saturated rings. The number of hydrogen-bond donors (Lipinski definition) is 3. The summed E-state index contributed by atoms with van der Waals surface area (Å²) in [5.41, 5.74) is 0.314. The third-order valence-corrected chi connectivity index (χ3v) is 2.53. The summed E-state index contributed by atoms with van der Waals surface area (Å²) in [5, 5.41) is 17.8. The maximum atomic E-state index is 11.6. The van der Waals surface area contributed by atoms with E-state index in [1.807, 2.05) is 0 Å². The van der Waals surface area contributed by atoms with E-state index in [0.717, 1.165) is 0 Å². The average molecular weight is 224 g/mol. The van der Waals surface area contributed by atoms with E-state index in [-0.39, 0.29) is 11.9 Å². The number of H-pyrrole nitrogens is 1. The summed E-state index contributed by atoms with van der Waals surface area (Å²) in [4.78, 5) is 23.5. The molecule has 86 valence electrons. The first-order valence-corrected chi connectivity index (χ1v) is 4.95. The highest BCUT2D eigenvalue weighted by molar-refractivity contribution is 5.92. The molecule has 7 heteroatoms. The fourth-order valence-corrected chi connectivity index (χ4v) is 1.70. The van der Waals surface area contributed by atoms with E-state index < -0.39 is 6.09 Å². The van der Waals surface area contributed by atoms with Gasteiger partial charge >= 0.3 is 6.09 Å². The van der Waals surface area contributed by atoms with Crippen molar-refractivity contribution in [3.05, 3.63) is 18.0 Å². The molecule has 2 heterocycles. The van der Waals surface area contributed by atoms with Crippen LogP contribution in [0, 0.1) is 0 Å². The van der Waals surface area contributed by atoms with Crippen LogP contribution in [0.15, 0.2) is 12.3 Å². The van der Waals surface area contributed by atoms with E-state index >= 15 is 0 Å². The quantitative estimate of drug-likeness (QED) is 0.652. The molecule has 0 saturated carbocycles. The fraction of sp³-hybridized carbons (Fsp3) is 0.444. The zero-order valence-corrected chi connectivity index (χ0v) is 8.51. The Morgan fingerprint density at radius 1 is 1.62 bits per heavy atom. The number of rotatable bonds is 2. The van der Waals surface area contributed by atoms with Gasteiger partial charge in [0.1, 0.15) is 5.69 Å². The molecule has 0 radical (unpaired) electrons. The molecule has 1 saturated heterocycles. The Bertz CT molecular complexity index is 389. The number of likely N-dealkylation sites (tertiary alicyclic amines) is 1. The highest BCUT2D eigenvalue weighted by Gasteiger charge is 2.27. The third-order valence-electron chi connectivity index (χ3n) is 2.53. The fourth-order valence-electron chi connectivity index (χ4n) is 1.70.